The van der Waals surface area contributed by atoms with E-state index in [2.05, 4.69) is 45.1 Å². The van der Waals surface area contributed by atoms with Crippen LogP contribution in [-0.4, -0.2) is 95.9 Å². The Morgan fingerprint density at radius 1 is 0.373 bits per heavy atom. The number of rotatable bonds is 57. The number of hydrogen-bond acceptors (Lipinski definition) is 14. The molecule has 0 aromatic rings. The number of unbranched alkanes of at least 4 members (excludes halogenated alkanes) is 30. The first-order valence-corrected chi connectivity index (χ1v) is 32.6. The lowest BCUT2D eigenvalue weighted by Gasteiger charge is -2.21. The van der Waals surface area contributed by atoms with E-state index < -0.39 is 91.5 Å². The molecule has 0 aliphatic rings. The average molecular weight is 1110 g/mol. The van der Waals surface area contributed by atoms with Crippen LogP contribution < -0.4 is 0 Å². The molecule has 0 saturated heterocycles. The molecule has 75 heavy (non-hydrogen) atoms. The predicted molar refractivity (Wildman–Crippen MR) is 298 cm³/mol. The number of ether oxygens (including phenoxy) is 3. The van der Waals surface area contributed by atoms with Crippen LogP contribution in [0.25, 0.3) is 0 Å². The van der Waals surface area contributed by atoms with Gasteiger partial charge in [-0.25, -0.2) is 9.13 Å². The monoisotopic (exact) mass is 1110 g/mol. The number of hydrogen-bond donors (Lipinski definition) is 4. The van der Waals surface area contributed by atoms with Crippen LogP contribution in [0.2, 0.25) is 0 Å². The largest absolute Gasteiger partial charge is 0.472 e. The Morgan fingerprint density at radius 2 is 0.667 bits per heavy atom. The maximum absolute atomic E-state index is 12.8. The maximum Gasteiger partial charge on any atom is 0.472 e. The van der Waals surface area contributed by atoms with E-state index >= 15 is 0 Å². The Labute approximate surface area is 454 Å². The number of phosphoric ester groups is 2. The van der Waals surface area contributed by atoms with Gasteiger partial charge in [-0.05, 0) is 51.4 Å². The lowest BCUT2D eigenvalue weighted by molar-refractivity contribution is -0.161. The van der Waals surface area contributed by atoms with Crippen molar-refractivity contribution in [3.8, 4) is 0 Å². The smallest absolute Gasteiger partial charge is 0.463 e. The third kappa shape index (κ3) is 53.8. The van der Waals surface area contributed by atoms with Crippen molar-refractivity contribution in [1.29, 1.82) is 0 Å². The van der Waals surface area contributed by atoms with Crippen molar-refractivity contribution in [1.82, 2.24) is 0 Å². The van der Waals surface area contributed by atoms with E-state index in [9.17, 15) is 43.5 Å². The fourth-order valence-electron chi connectivity index (χ4n) is 8.07. The number of carbonyl (C=O) groups excluding carboxylic acids is 3. The molecule has 0 amide bonds. The summed E-state index contributed by atoms with van der Waals surface area (Å²) < 4.78 is 60.5. The summed E-state index contributed by atoms with van der Waals surface area (Å²) >= 11 is 0. The van der Waals surface area contributed by atoms with Crippen LogP contribution in [0.15, 0.2) is 24.3 Å². The molecule has 0 aromatic heterocycles. The molecule has 0 spiro atoms. The van der Waals surface area contributed by atoms with Gasteiger partial charge in [-0.2, -0.15) is 0 Å². The summed E-state index contributed by atoms with van der Waals surface area (Å²) in [6.45, 7) is 2.63. The second-order valence-electron chi connectivity index (χ2n) is 20.2. The fourth-order valence-corrected chi connectivity index (χ4v) is 9.66. The maximum atomic E-state index is 12.8. The van der Waals surface area contributed by atoms with Crippen molar-refractivity contribution in [2.75, 3.05) is 39.6 Å². The summed E-state index contributed by atoms with van der Waals surface area (Å²) in [5.41, 5.74) is 0. The molecular weight excluding hydrogens is 1000 g/mol. The summed E-state index contributed by atoms with van der Waals surface area (Å²) in [5, 5.41) is 20.4. The number of carbonyl (C=O) groups is 3. The molecule has 16 nitrogen and oxygen atoms in total. The Morgan fingerprint density at radius 3 is 1.07 bits per heavy atom. The predicted octanol–water partition coefficient (Wildman–Crippen LogP) is 15.0. The zero-order valence-electron chi connectivity index (χ0n) is 47.2. The van der Waals surface area contributed by atoms with Crippen molar-refractivity contribution in [2.24, 2.45) is 0 Å². The third-order valence-corrected chi connectivity index (χ3v) is 14.6. The van der Waals surface area contributed by atoms with Gasteiger partial charge < -0.3 is 34.2 Å². The van der Waals surface area contributed by atoms with Gasteiger partial charge in [-0.15, -0.1) is 0 Å². The highest BCUT2D eigenvalue weighted by molar-refractivity contribution is 7.47. The number of allylic oxidation sites excluding steroid dienone is 4. The zero-order valence-corrected chi connectivity index (χ0v) is 49.0. The summed E-state index contributed by atoms with van der Waals surface area (Å²) in [5.74, 6) is -1.57. The fraction of sp³-hybridized carbons (Fsp3) is 0.877. The standard InChI is InChI=1S/C57H108O16P2/c1-4-7-10-13-16-19-22-24-25-27-30-31-34-37-40-43-55(60)67-46-52(58)47-69-74(63,64)70-48-53(59)49-71-75(65,66)72-51-54(73-57(62)45-42-39-36-33-28-21-18-15-12-9-6-3)50-68-56(61)44-41-38-35-32-29-26-23-20-17-14-11-8-5-2/h16,19,24-25,52-54,58-59H,4-15,17-18,20-23,26-51H2,1-3H3,(H,63,64)(H,65,66)/b19-16-,25-24-. The van der Waals surface area contributed by atoms with Gasteiger partial charge in [0.1, 0.15) is 25.4 Å². The molecule has 0 rings (SSSR count). The molecule has 0 aliphatic heterocycles. The van der Waals surface area contributed by atoms with E-state index in [4.69, 9.17) is 32.3 Å². The molecule has 0 aromatic carbocycles. The average Bonchev–Trinajstić information content (AvgIpc) is 3.38. The van der Waals surface area contributed by atoms with Gasteiger partial charge in [-0.3, -0.25) is 32.5 Å². The SMILES string of the molecule is CCCCC/C=C\C/C=C\CCCCCCCC(=O)OCC(O)COP(=O)(O)OCC(O)COP(=O)(O)OCC(COC(=O)CCCCCCCCCCCCCCC)OC(=O)CCCCCCCCCCCCC. The molecule has 0 aliphatic carbocycles. The van der Waals surface area contributed by atoms with Crippen molar-refractivity contribution < 1.29 is 75.8 Å². The molecule has 0 heterocycles. The second-order valence-corrected chi connectivity index (χ2v) is 23.1. The van der Waals surface area contributed by atoms with Crippen LogP contribution in [-0.2, 0) is 55.8 Å². The summed E-state index contributed by atoms with van der Waals surface area (Å²) in [6, 6.07) is 0. The van der Waals surface area contributed by atoms with Gasteiger partial charge in [-0.1, -0.05) is 218 Å². The van der Waals surface area contributed by atoms with Crippen molar-refractivity contribution in [2.45, 2.75) is 283 Å². The van der Waals surface area contributed by atoms with Crippen molar-refractivity contribution >= 4 is 33.6 Å². The molecule has 5 unspecified atom stereocenters. The summed E-state index contributed by atoms with van der Waals surface area (Å²) in [7, 11) is -9.73. The van der Waals surface area contributed by atoms with E-state index in [0.29, 0.717) is 19.3 Å². The van der Waals surface area contributed by atoms with Crippen molar-refractivity contribution in [3.63, 3.8) is 0 Å². The third-order valence-electron chi connectivity index (χ3n) is 12.7. The van der Waals surface area contributed by atoms with Gasteiger partial charge in [0.05, 0.1) is 26.4 Å². The van der Waals surface area contributed by atoms with Crippen LogP contribution in [0.1, 0.15) is 265 Å². The highest BCUT2D eigenvalue weighted by atomic mass is 31.2. The molecule has 4 N–H and O–H groups in total. The molecule has 0 saturated carbocycles. The van der Waals surface area contributed by atoms with E-state index in [0.717, 1.165) is 89.9 Å². The van der Waals surface area contributed by atoms with Crippen LogP contribution in [0, 0.1) is 0 Å². The number of phosphoric acid groups is 2. The minimum Gasteiger partial charge on any atom is -0.463 e. The molecule has 0 bridgehead atoms. The van der Waals surface area contributed by atoms with Crippen molar-refractivity contribution in [3.05, 3.63) is 24.3 Å². The number of esters is 3. The Kier molecular flexibility index (Phi) is 51.3. The number of aliphatic hydroxyl groups excluding tert-OH is 2. The minimum atomic E-state index is -4.90. The van der Waals surface area contributed by atoms with Gasteiger partial charge in [0.25, 0.3) is 0 Å². The topological polar surface area (TPSA) is 231 Å². The van der Waals surface area contributed by atoms with Gasteiger partial charge in [0.2, 0.25) is 0 Å². The summed E-state index contributed by atoms with van der Waals surface area (Å²) in [4.78, 5) is 57.9. The van der Waals surface area contributed by atoms with E-state index in [-0.39, 0.29) is 19.3 Å². The molecular formula is C57H108O16P2. The highest BCUT2D eigenvalue weighted by Gasteiger charge is 2.29. The first kappa shape index (κ1) is 73.0. The van der Waals surface area contributed by atoms with Gasteiger partial charge in [0.15, 0.2) is 6.10 Å². The first-order valence-electron chi connectivity index (χ1n) is 29.6. The van der Waals surface area contributed by atoms with E-state index in [1.54, 1.807) is 0 Å². The number of aliphatic hydroxyl groups is 2. The minimum absolute atomic E-state index is 0.113. The van der Waals surface area contributed by atoms with Gasteiger partial charge in [0, 0.05) is 19.3 Å². The molecule has 5 atom stereocenters. The normalized spacial score (nSPS) is 14.7. The van der Waals surface area contributed by atoms with Crippen LogP contribution in [0.5, 0.6) is 0 Å². The Balaban J connectivity index is 4.63. The van der Waals surface area contributed by atoms with Crippen LogP contribution >= 0.6 is 15.6 Å². The molecule has 18 heteroatoms. The Hall–Kier alpha value is -1.97. The lowest BCUT2D eigenvalue weighted by Crippen LogP contribution is -2.30. The van der Waals surface area contributed by atoms with E-state index in [1.807, 2.05) is 0 Å². The summed E-state index contributed by atoms with van der Waals surface area (Å²) in [6.07, 6.45) is 43.9. The molecule has 0 radical (unpaired) electrons. The lowest BCUT2D eigenvalue weighted by atomic mass is 10.0. The van der Waals surface area contributed by atoms with E-state index in [1.165, 1.54) is 116 Å². The second kappa shape index (κ2) is 52.7. The van der Waals surface area contributed by atoms with Crippen LogP contribution in [0.4, 0.5) is 0 Å². The first-order chi connectivity index (χ1) is 36.2. The van der Waals surface area contributed by atoms with Crippen LogP contribution in [0.3, 0.4) is 0 Å². The Bertz CT molecular complexity index is 1500. The molecule has 442 valence electrons. The highest BCUT2D eigenvalue weighted by Crippen LogP contribution is 2.45. The van der Waals surface area contributed by atoms with Gasteiger partial charge >= 0.3 is 33.6 Å². The zero-order chi connectivity index (χ0) is 55.4. The molecule has 0 fully saturated rings. The quantitative estimate of drug-likeness (QED) is 0.0146.